The Morgan fingerprint density at radius 3 is 2.80 bits per heavy atom. The molecule has 0 aliphatic carbocycles. The van der Waals surface area contributed by atoms with Crippen molar-refractivity contribution in [2.75, 3.05) is 30.0 Å². The first-order valence-corrected chi connectivity index (χ1v) is 13.4. The quantitative estimate of drug-likeness (QED) is 0.511. The number of ether oxygens (including phenoxy) is 1. The van der Waals surface area contributed by atoms with Crippen LogP contribution >= 0.6 is 0 Å². The molecular weight excluding hydrogens is 474 g/mol. The van der Waals surface area contributed by atoms with Gasteiger partial charge in [-0.3, -0.25) is 0 Å². The summed E-state index contributed by atoms with van der Waals surface area (Å²) < 4.78 is 51.8. The Balaban J connectivity index is 1.76. The molecule has 1 aromatic carbocycles. The van der Waals surface area contributed by atoms with E-state index in [1.165, 1.54) is 18.2 Å². The van der Waals surface area contributed by atoms with Gasteiger partial charge in [0.05, 0.1) is 24.6 Å². The number of halogens is 2. The molecule has 1 aliphatic heterocycles. The summed E-state index contributed by atoms with van der Waals surface area (Å²) >= 11 is 0. The molecule has 3 aromatic rings. The van der Waals surface area contributed by atoms with Gasteiger partial charge < -0.3 is 15.4 Å². The number of aromatic nitrogens is 3. The highest BCUT2D eigenvalue weighted by atomic mass is 32.2. The topological polar surface area (TPSA) is 101 Å². The Hall–Kier alpha value is -3.34. The summed E-state index contributed by atoms with van der Waals surface area (Å²) in [6.45, 7) is 4.71. The molecule has 8 nitrogen and oxygen atoms in total. The summed E-state index contributed by atoms with van der Waals surface area (Å²) in [5.41, 5.74) is 1.61. The van der Waals surface area contributed by atoms with Crippen LogP contribution in [0.2, 0.25) is 0 Å². The predicted molar refractivity (Wildman–Crippen MR) is 133 cm³/mol. The second kappa shape index (κ2) is 10.5. The molecule has 3 heterocycles. The van der Waals surface area contributed by atoms with Gasteiger partial charge in [0.1, 0.15) is 17.3 Å². The van der Waals surface area contributed by atoms with E-state index in [-0.39, 0.29) is 23.4 Å². The molecule has 4 bridgehead atoms. The molecule has 2 aromatic heterocycles. The van der Waals surface area contributed by atoms with Gasteiger partial charge >= 0.3 is 0 Å². The van der Waals surface area contributed by atoms with Crippen molar-refractivity contribution in [2.24, 2.45) is 4.36 Å². The fourth-order valence-electron chi connectivity index (χ4n) is 3.80. The molecule has 35 heavy (non-hydrogen) atoms. The minimum atomic E-state index is -2.47. The SMILES string of the molecule is CC(C)N=S(C)(=O)Cc1cc2nc(c1)OCCCCNc1cc(F)ccc1-c1nc(ncc1F)N2. The zero-order chi connectivity index (χ0) is 25.0. The van der Waals surface area contributed by atoms with E-state index in [9.17, 15) is 13.0 Å². The first-order valence-electron chi connectivity index (χ1n) is 11.3. The van der Waals surface area contributed by atoms with Crippen molar-refractivity contribution in [2.45, 2.75) is 38.5 Å². The zero-order valence-corrected chi connectivity index (χ0v) is 20.7. The number of rotatable bonds is 3. The molecule has 0 amide bonds. The Labute approximate surface area is 203 Å². The number of benzene rings is 1. The van der Waals surface area contributed by atoms with E-state index in [1.54, 1.807) is 18.4 Å². The van der Waals surface area contributed by atoms with Crippen molar-refractivity contribution in [3.8, 4) is 17.1 Å². The van der Waals surface area contributed by atoms with E-state index in [1.807, 2.05) is 13.8 Å². The van der Waals surface area contributed by atoms with Crippen LogP contribution in [0.3, 0.4) is 0 Å². The van der Waals surface area contributed by atoms with Crippen molar-refractivity contribution >= 4 is 27.2 Å². The molecule has 0 fully saturated rings. The van der Waals surface area contributed by atoms with Gasteiger partial charge in [-0.05, 0) is 56.5 Å². The molecule has 0 radical (unpaired) electrons. The normalized spacial score (nSPS) is 15.4. The molecule has 1 atom stereocenters. The van der Waals surface area contributed by atoms with Crippen LogP contribution < -0.4 is 15.4 Å². The highest BCUT2D eigenvalue weighted by Gasteiger charge is 2.16. The molecule has 0 spiro atoms. The van der Waals surface area contributed by atoms with E-state index >= 15 is 0 Å². The second-order valence-corrected chi connectivity index (χ2v) is 11.1. The van der Waals surface area contributed by atoms with Crippen LogP contribution in [0.4, 0.5) is 26.2 Å². The molecule has 0 saturated heterocycles. The highest BCUT2D eigenvalue weighted by Crippen LogP contribution is 2.31. The van der Waals surface area contributed by atoms with Crippen molar-refractivity contribution in [1.82, 2.24) is 15.0 Å². The molecule has 11 heteroatoms. The number of hydrogen-bond donors (Lipinski definition) is 2. The lowest BCUT2D eigenvalue weighted by molar-refractivity contribution is 0.297. The van der Waals surface area contributed by atoms with Crippen molar-refractivity contribution in [1.29, 1.82) is 0 Å². The minimum Gasteiger partial charge on any atom is -0.478 e. The van der Waals surface area contributed by atoms with Crippen LogP contribution in [0.15, 0.2) is 40.9 Å². The van der Waals surface area contributed by atoms with Gasteiger partial charge in [-0.15, -0.1) is 0 Å². The molecule has 186 valence electrons. The average molecular weight is 503 g/mol. The summed E-state index contributed by atoms with van der Waals surface area (Å²) in [6, 6.07) is 7.48. The van der Waals surface area contributed by atoms with Gasteiger partial charge in [0, 0.05) is 39.8 Å². The molecule has 2 N–H and O–H groups in total. The molecule has 1 aliphatic rings. The maximum Gasteiger partial charge on any atom is 0.229 e. The second-order valence-electron chi connectivity index (χ2n) is 8.69. The van der Waals surface area contributed by atoms with Crippen LogP contribution in [0.5, 0.6) is 5.88 Å². The van der Waals surface area contributed by atoms with Crippen LogP contribution in [0, 0.1) is 11.6 Å². The maximum absolute atomic E-state index is 14.7. The first kappa shape index (κ1) is 24.8. The van der Waals surface area contributed by atoms with Gasteiger partial charge in [0.2, 0.25) is 11.8 Å². The highest BCUT2D eigenvalue weighted by molar-refractivity contribution is 7.92. The Kier molecular flexibility index (Phi) is 7.44. The third-order valence-corrected chi connectivity index (χ3v) is 6.82. The van der Waals surface area contributed by atoms with Crippen LogP contribution in [-0.4, -0.2) is 44.6 Å². The minimum absolute atomic E-state index is 0.0276. The number of anilines is 3. The van der Waals surface area contributed by atoms with E-state index < -0.39 is 21.4 Å². The van der Waals surface area contributed by atoms with Crippen LogP contribution in [0.25, 0.3) is 11.3 Å². The van der Waals surface area contributed by atoms with Gasteiger partial charge in [0.15, 0.2) is 5.82 Å². The van der Waals surface area contributed by atoms with Gasteiger partial charge in [-0.25, -0.2) is 27.3 Å². The standard InChI is InChI=1S/C24H28F2N6O2S/c1-15(2)32-35(3,33)14-16-10-21-29-22(11-16)34-9-5-4-8-27-20-12-17(25)6-7-18(20)23-19(26)13-28-24(30-21)31-23/h6-7,10-13,15,27H,4-5,8-9,14H2,1-3H3,(H,28,29,30,31). The largest absolute Gasteiger partial charge is 0.478 e. The average Bonchev–Trinajstić information content (AvgIpc) is 2.76. The fraction of sp³-hybridized carbons (Fsp3) is 0.375. The number of nitrogens with zero attached hydrogens (tertiary/aromatic N) is 4. The Morgan fingerprint density at radius 1 is 1.17 bits per heavy atom. The van der Waals surface area contributed by atoms with E-state index in [0.29, 0.717) is 42.5 Å². The molecule has 0 saturated carbocycles. The number of pyridine rings is 1. The smallest absolute Gasteiger partial charge is 0.229 e. The summed E-state index contributed by atoms with van der Waals surface area (Å²) in [6.07, 6.45) is 4.12. The zero-order valence-electron chi connectivity index (χ0n) is 19.8. The van der Waals surface area contributed by atoms with Crippen molar-refractivity contribution in [3.63, 3.8) is 0 Å². The summed E-state index contributed by atoms with van der Waals surface area (Å²) in [5.74, 6) is -0.0263. The lowest BCUT2D eigenvalue weighted by Crippen LogP contribution is -2.08. The molecule has 1 unspecified atom stereocenters. The Morgan fingerprint density at radius 2 is 2.00 bits per heavy atom. The number of fused-ring (bicyclic) bond motifs is 6. The lowest BCUT2D eigenvalue weighted by atomic mass is 10.1. The molecule has 4 rings (SSSR count). The number of nitrogens with one attached hydrogen (secondary N) is 2. The maximum atomic E-state index is 14.7. The first-order chi connectivity index (χ1) is 16.7. The van der Waals surface area contributed by atoms with E-state index in [2.05, 4.69) is 29.9 Å². The Bertz CT molecular complexity index is 1340. The van der Waals surface area contributed by atoms with Gasteiger partial charge in [0.25, 0.3) is 0 Å². The summed E-state index contributed by atoms with van der Waals surface area (Å²) in [7, 11) is -2.47. The fourth-order valence-corrected chi connectivity index (χ4v) is 5.55. The van der Waals surface area contributed by atoms with Crippen LogP contribution in [-0.2, 0) is 15.5 Å². The predicted octanol–water partition coefficient (Wildman–Crippen LogP) is 5.15. The van der Waals surface area contributed by atoms with Crippen LogP contribution in [0.1, 0.15) is 32.3 Å². The third-order valence-electron chi connectivity index (χ3n) is 5.09. The van der Waals surface area contributed by atoms with E-state index in [0.717, 1.165) is 18.2 Å². The van der Waals surface area contributed by atoms with Crippen molar-refractivity contribution < 1.29 is 17.7 Å². The summed E-state index contributed by atoms with van der Waals surface area (Å²) in [4.78, 5) is 12.8. The van der Waals surface area contributed by atoms with Gasteiger partial charge in [-0.1, -0.05) is 0 Å². The lowest BCUT2D eigenvalue weighted by Gasteiger charge is -2.13. The van der Waals surface area contributed by atoms with E-state index in [4.69, 9.17) is 4.74 Å². The third kappa shape index (κ3) is 6.62. The number of hydrogen-bond acceptors (Lipinski definition) is 8. The van der Waals surface area contributed by atoms with Crippen molar-refractivity contribution in [3.05, 3.63) is 53.7 Å². The monoisotopic (exact) mass is 502 g/mol. The summed E-state index contributed by atoms with van der Waals surface area (Å²) in [5, 5.41) is 6.16. The molecular formula is C24H28F2N6O2S. The van der Waals surface area contributed by atoms with Gasteiger partial charge in [-0.2, -0.15) is 4.98 Å².